The van der Waals surface area contributed by atoms with Crippen LogP contribution in [-0.4, -0.2) is 49.1 Å². The van der Waals surface area contributed by atoms with Gasteiger partial charge in [-0.3, -0.25) is 14.6 Å². The summed E-state index contributed by atoms with van der Waals surface area (Å²) in [4.78, 5) is 36.1. The number of hydrogen-bond donors (Lipinski definition) is 1. The molecule has 7 heteroatoms. The summed E-state index contributed by atoms with van der Waals surface area (Å²) >= 11 is 0. The van der Waals surface area contributed by atoms with E-state index in [1.165, 1.54) is 38.3 Å². The van der Waals surface area contributed by atoms with Crippen LogP contribution >= 0.6 is 0 Å². The van der Waals surface area contributed by atoms with Gasteiger partial charge in [-0.15, -0.1) is 0 Å². The van der Waals surface area contributed by atoms with Crippen molar-refractivity contribution in [2.75, 3.05) is 13.1 Å². The van der Waals surface area contributed by atoms with E-state index in [0.29, 0.717) is 31.1 Å². The standard InChI is InChI=1S/C27H38N4O3/c1-20(15-21-7-5-4-6-8-21)25(33)30-14-11-27(34,26(2,3)18-30)19-31-17-23(29-16-24(31)32)22-9-12-28-13-10-22/h9-10,12-13,16-17,20-21,34H,4-8,11,14-15,18-19H2,1-3H3. The number of piperidine rings is 1. The molecule has 2 atom stereocenters. The molecule has 34 heavy (non-hydrogen) atoms. The van der Waals surface area contributed by atoms with Crippen molar-refractivity contribution in [3.05, 3.63) is 47.3 Å². The van der Waals surface area contributed by atoms with E-state index in [1.54, 1.807) is 23.2 Å². The minimum Gasteiger partial charge on any atom is -0.387 e. The van der Waals surface area contributed by atoms with E-state index in [9.17, 15) is 14.7 Å². The lowest BCUT2D eigenvalue weighted by atomic mass is 9.69. The second-order valence-corrected chi connectivity index (χ2v) is 11.0. The number of aliphatic hydroxyl groups is 1. The molecule has 1 aliphatic carbocycles. The van der Waals surface area contributed by atoms with Gasteiger partial charge in [0.05, 0.1) is 24.0 Å². The molecule has 0 radical (unpaired) electrons. The number of likely N-dealkylation sites (tertiary alicyclic amines) is 1. The van der Waals surface area contributed by atoms with Gasteiger partial charge >= 0.3 is 0 Å². The molecule has 4 rings (SSSR count). The van der Waals surface area contributed by atoms with Gasteiger partial charge in [-0.25, -0.2) is 4.98 Å². The van der Waals surface area contributed by atoms with Crippen LogP contribution in [0.5, 0.6) is 0 Å². The van der Waals surface area contributed by atoms with E-state index in [-0.39, 0.29) is 23.9 Å². The van der Waals surface area contributed by atoms with Gasteiger partial charge in [0, 0.05) is 48.6 Å². The van der Waals surface area contributed by atoms with Crippen LogP contribution in [0.2, 0.25) is 0 Å². The fourth-order valence-corrected chi connectivity index (χ4v) is 5.70. The third kappa shape index (κ3) is 5.24. The van der Waals surface area contributed by atoms with Crippen LogP contribution in [0.15, 0.2) is 41.7 Å². The third-order valence-electron chi connectivity index (χ3n) is 8.07. The normalized spacial score (nSPS) is 24.1. The van der Waals surface area contributed by atoms with Crippen molar-refractivity contribution < 1.29 is 9.90 Å². The molecule has 3 heterocycles. The van der Waals surface area contributed by atoms with Gasteiger partial charge in [-0.2, -0.15) is 0 Å². The Hall–Kier alpha value is -2.54. The molecule has 0 spiro atoms. The Morgan fingerprint density at radius 2 is 1.91 bits per heavy atom. The van der Waals surface area contributed by atoms with Gasteiger partial charge in [0.2, 0.25) is 5.91 Å². The summed E-state index contributed by atoms with van der Waals surface area (Å²) in [5, 5.41) is 11.7. The van der Waals surface area contributed by atoms with E-state index in [1.807, 2.05) is 30.9 Å². The van der Waals surface area contributed by atoms with Crippen LogP contribution in [0.1, 0.15) is 65.7 Å². The largest absolute Gasteiger partial charge is 0.387 e. The number of amides is 1. The molecule has 1 saturated heterocycles. The van der Waals surface area contributed by atoms with Crippen LogP contribution in [0, 0.1) is 17.3 Å². The first-order valence-electron chi connectivity index (χ1n) is 12.7. The Balaban J connectivity index is 1.45. The monoisotopic (exact) mass is 466 g/mol. The maximum Gasteiger partial charge on any atom is 0.269 e. The van der Waals surface area contributed by atoms with Gasteiger partial charge in [0.1, 0.15) is 0 Å². The van der Waals surface area contributed by atoms with Gasteiger partial charge < -0.3 is 14.6 Å². The molecule has 1 amide bonds. The van der Waals surface area contributed by atoms with Crippen molar-refractivity contribution in [1.82, 2.24) is 19.4 Å². The van der Waals surface area contributed by atoms with Crippen LogP contribution in [0.4, 0.5) is 0 Å². The Kier molecular flexibility index (Phi) is 7.22. The van der Waals surface area contributed by atoms with E-state index in [0.717, 1.165) is 12.0 Å². The number of pyridine rings is 1. The SMILES string of the molecule is CC(CC1CCCCC1)C(=O)N1CCC(O)(Cn2cc(-c3ccncc3)ncc2=O)C(C)(C)C1. The van der Waals surface area contributed by atoms with Gasteiger partial charge in [-0.1, -0.05) is 52.9 Å². The van der Waals surface area contributed by atoms with E-state index < -0.39 is 11.0 Å². The summed E-state index contributed by atoms with van der Waals surface area (Å²) < 4.78 is 1.55. The van der Waals surface area contributed by atoms with Crippen LogP contribution < -0.4 is 5.56 Å². The Morgan fingerprint density at radius 1 is 1.21 bits per heavy atom. The zero-order chi connectivity index (χ0) is 24.3. The van der Waals surface area contributed by atoms with Crippen molar-refractivity contribution in [3.63, 3.8) is 0 Å². The molecular weight excluding hydrogens is 428 g/mol. The lowest BCUT2D eigenvalue weighted by Crippen LogP contribution is -2.61. The first kappa shape index (κ1) is 24.6. The predicted molar refractivity (Wildman–Crippen MR) is 132 cm³/mol. The molecule has 7 nitrogen and oxygen atoms in total. The second-order valence-electron chi connectivity index (χ2n) is 11.0. The quantitative estimate of drug-likeness (QED) is 0.698. The molecule has 2 aromatic heterocycles. The molecule has 184 valence electrons. The summed E-state index contributed by atoms with van der Waals surface area (Å²) in [5.41, 5.74) is -0.404. The zero-order valence-electron chi connectivity index (χ0n) is 20.7. The van der Waals surface area contributed by atoms with Gasteiger partial charge in [0.25, 0.3) is 5.56 Å². The number of aromatic nitrogens is 3. The van der Waals surface area contributed by atoms with E-state index in [4.69, 9.17) is 0 Å². The fraction of sp³-hybridized carbons (Fsp3) is 0.630. The highest BCUT2D eigenvalue weighted by Crippen LogP contribution is 2.40. The molecule has 1 saturated carbocycles. The highest BCUT2D eigenvalue weighted by molar-refractivity contribution is 5.78. The maximum atomic E-state index is 13.3. The van der Waals surface area contributed by atoms with Crippen LogP contribution in [0.3, 0.4) is 0 Å². The van der Waals surface area contributed by atoms with Crippen molar-refractivity contribution >= 4 is 5.91 Å². The number of carbonyl (C=O) groups is 1. The van der Waals surface area contributed by atoms with Crippen molar-refractivity contribution in [2.45, 2.75) is 77.9 Å². The summed E-state index contributed by atoms with van der Waals surface area (Å²) in [5.74, 6) is 0.869. The van der Waals surface area contributed by atoms with Crippen molar-refractivity contribution in [2.24, 2.45) is 17.3 Å². The predicted octanol–water partition coefficient (Wildman–Crippen LogP) is 3.90. The first-order valence-corrected chi connectivity index (χ1v) is 12.7. The summed E-state index contributed by atoms with van der Waals surface area (Å²) in [6, 6.07) is 3.68. The molecule has 2 fully saturated rings. The van der Waals surface area contributed by atoms with Crippen molar-refractivity contribution in [3.8, 4) is 11.3 Å². The summed E-state index contributed by atoms with van der Waals surface area (Å²) in [7, 11) is 0. The second kappa shape index (κ2) is 9.98. The Morgan fingerprint density at radius 3 is 2.59 bits per heavy atom. The molecule has 0 aromatic carbocycles. The molecule has 2 aliphatic rings. The van der Waals surface area contributed by atoms with Gasteiger partial charge in [0.15, 0.2) is 0 Å². The highest BCUT2D eigenvalue weighted by atomic mass is 16.3. The van der Waals surface area contributed by atoms with Crippen LogP contribution in [-0.2, 0) is 11.3 Å². The maximum absolute atomic E-state index is 13.3. The lowest BCUT2D eigenvalue weighted by Gasteiger charge is -2.51. The van der Waals surface area contributed by atoms with Gasteiger partial charge in [-0.05, 0) is 30.9 Å². The zero-order valence-corrected chi connectivity index (χ0v) is 20.7. The lowest BCUT2D eigenvalue weighted by molar-refractivity contribution is -0.157. The van der Waals surface area contributed by atoms with Crippen LogP contribution in [0.25, 0.3) is 11.3 Å². The molecule has 1 aliphatic heterocycles. The molecule has 2 aromatic rings. The number of nitrogens with zero attached hydrogens (tertiary/aromatic N) is 4. The third-order valence-corrected chi connectivity index (χ3v) is 8.07. The van der Waals surface area contributed by atoms with E-state index >= 15 is 0 Å². The minimum atomic E-state index is -1.11. The average molecular weight is 467 g/mol. The topological polar surface area (TPSA) is 88.3 Å². The fourth-order valence-electron chi connectivity index (χ4n) is 5.70. The smallest absolute Gasteiger partial charge is 0.269 e. The molecular formula is C27H38N4O3. The number of rotatable bonds is 6. The molecule has 0 bridgehead atoms. The minimum absolute atomic E-state index is 0.0100. The summed E-state index contributed by atoms with van der Waals surface area (Å²) in [6.45, 7) is 7.20. The molecule has 2 unspecified atom stereocenters. The Bertz CT molecular complexity index is 1050. The molecule has 1 N–H and O–H groups in total. The highest BCUT2D eigenvalue weighted by Gasteiger charge is 2.49. The number of carbonyl (C=O) groups excluding carboxylic acids is 1. The first-order chi connectivity index (χ1) is 16.2. The number of hydrogen-bond acceptors (Lipinski definition) is 5. The average Bonchev–Trinajstić information content (AvgIpc) is 2.83. The van der Waals surface area contributed by atoms with Crippen molar-refractivity contribution in [1.29, 1.82) is 0 Å². The summed E-state index contributed by atoms with van der Waals surface area (Å²) in [6.07, 6.45) is 14.1. The van der Waals surface area contributed by atoms with E-state index in [2.05, 4.69) is 16.9 Å². The Labute approximate surface area is 202 Å².